The van der Waals surface area contributed by atoms with Gasteiger partial charge in [-0.1, -0.05) is 0 Å². The second-order valence-corrected chi connectivity index (χ2v) is 4.66. The fraction of sp³-hybridized carbons (Fsp3) is 0.727. The third kappa shape index (κ3) is 3.26. The number of aromatic amines is 1. The molecule has 1 aromatic rings. The molecule has 1 fully saturated rings. The van der Waals surface area contributed by atoms with Crippen molar-refractivity contribution in [2.45, 2.75) is 38.9 Å². The Kier molecular flexibility index (Phi) is 3.73. The van der Waals surface area contributed by atoms with Gasteiger partial charge in [0.05, 0.1) is 18.4 Å². The molecule has 94 valence electrons. The third-order valence-electron chi connectivity index (χ3n) is 2.99. The second-order valence-electron chi connectivity index (χ2n) is 4.66. The minimum atomic E-state index is -0.175. The van der Waals surface area contributed by atoms with Crippen molar-refractivity contribution in [3.8, 4) is 0 Å². The van der Waals surface area contributed by atoms with E-state index in [1.165, 1.54) is 6.20 Å². The van der Waals surface area contributed by atoms with E-state index in [9.17, 15) is 4.79 Å². The summed E-state index contributed by atoms with van der Waals surface area (Å²) in [7, 11) is 0. The van der Waals surface area contributed by atoms with Crippen LogP contribution in [-0.4, -0.2) is 40.1 Å². The fourth-order valence-corrected chi connectivity index (χ4v) is 2.35. The summed E-state index contributed by atoms with van der Waals surface area (Å²) < 4.78 is 5.66. The largest absolute Gasteiger partial charge is 0.376 e. The molecule has 1 amide bonds. The lowest BCUT2D eigenvalue weighted by Gasteiger charge is -2.32. The molecule has 1 aliphatic heterocycles. The Balaban J connectivity index is 1.80. The number of nitrogens with one attached hydrogen (secondary N) is 2. The van der Waals surface area contributed by atoms with E-state index >= 15 is 0 Å². The van der Waals surface area contributed by atoms with Crippen molar-refractivity contribution in [2.75, 3.05) is 6.54 Å². The first-order valence-electron chi connectivity index (χ1n) is 5.94. The Hall–Kier alpha value is -1.43. The number of aromatic nitrogens is 3. The predicted octanol–water partition coefficient (Wildman–Crippen LogP) is 0.738. The molecule has 0 aromatic carbocycles. The van der Waals surface area contributed by atoms with Gasteiger partial charge in [-0.2, -0.15) is 15.4 Å². The number of rotatable bonds is 3. The molecule has 2 atom stereocenters. The molecule has 0 radical (unpaired) electrons. The van der Waals surface area contributed by atoms with Crippen LogP contribution in [0.3, 0.4) is 0 Å². The third-order valence-corrected chi connectivity index (χ3v) is 2.99. The standard InChI is InChI=1S/C11H18N4O2/c1-7-3-9(4-8(2)17-7)5-12-11(16)10-6-13-15-14-10/h6-9H,3-5H2,1-2H3,(H,12,16)(H,13,14,15). The van der Waals surface area contributed by atoms with Gasteiger partial charge < -0.3 is 10.1 Å². The molecule has 0 spiro atoms. The van der Waals surface area contributed by atoms with E-state index in [0.29, 0.717) is 18.2 Å². The molecule has 6 nitrogen and oxygen atoms in total. The number of carbonyl (C=O) groups is 1. The van der Waals surface area contributed by atoms with Gasteiger partial charge in [-0.3, -0.25) is 4.79 Å². The zero-order chi connectivity index (χ0) is 12.3. The molecule has 2 N–H and O–H groups in total. The van der Waals surface area contributed by atoms with E-state index in [4.69, 9.17) is 4.74 Å². The van der Waals surface area contributed by atoms with Crippen molar-refractivity contribution in [2.24, 2.45) is 5.92 Å². The van der Waals surface area contributed by atoms with Gasteiger partial charge in [-0.05, 0) is 32.6 Å². The van der Waals surface area contributed by atoms with E-state index < -0.39 is 0 Å². The predicted molar refractivity (Wildman–Crippen MR) is 61.4 cm³/mol. The first-order valence-corrected chi connectivity index (χ1v) is 5.94. The van der Waals surface area contributed by atoms with Crippen LogP contribution in [0.4, 0.5) is 0 Å². The van der Waals surface area contributed by atoms with E-state index in [1.807, 2.05) is 0 Å². The van der Waals surface area contributed by atoms with E-state index in [2.05, 4.69) is 34.6 Å². The first-order chi connectivity index (χ1) is 8.15. The minimum absolute atomic E-state index is 0.175. The van der Waals surface area contributed by atoms with E-state index in [0.717, 1.165) is 12.8 Å². The number of hydrogen-bond acceptors (Lipinski definition) is 4. The summed E-state index contributed by atoms with van der Waals surface area (Å²) in [4.78, 5) is 11.6. The van der Waals surface area contributed by atoms with Crippen LogP contribution in [0.2, 0.25) is 0 Å². The topological polar surface area (TPSA) is 79.9 Å². The molecule has 1 aliphatic rings. The van der Waals surface area contributed by atoms with Crippen molar-refractivity contribution >= 4 is 5.91 Å². The van der Waals surface area contributed by atoms with Gasteiger partial charge in [-0.25, -0.2) is 0 Å². The summed E-state index contributed by atoms with van der Waals surface area (Å²) in [5.74, 6) is 0.301. The van der Waals surface area contributed by atoms with Crippen LogP contribution in [0.1, 0.15) is 37.2 Å². The Bertz CT molecular complexity index is 356. The van der Waals surface area contributed by atoms with Crippen LogP contribution >= 0.6 is 0 Å². The maximum atomic E-state index is 11.6. The number of amides is 1. The summed E-state index contributed by atoms with van der Waals surface area (Å²) >= 11 is 0. The second kappa shape index (κ2) is 5.27. The number of hydrogen-bond donors (Lipinski definition) is 2. The smallest absolute Gasteiger partial charge is 0.273 e. The number of nitrogens with zero attached hydrogens (tertiary/aromatic N) is 2. The highest BCUT2D eigenvalue weighted by Gasteiger charge is 2.24. The van der Waals surface area contributed by atoms with Crippen molar-refractivity contribution < 1.29 is 9.53 Å². The first kappa shape index (κ1) is 12.0. The van der Waals surface area contributed by atoms with Crippen LogP contribution in [0, 0.1) is 5.92 Å². The normalized spacial score (nSPS) is 28.9. The number of carbonyl (C=O) groups excluding carboxylic acids is 1. The molecule has 17 heavy (non-hydrogen) atoms. The lowest BCUT2D eigenvalue weighted by atomic mass is 9.92. The summed E-state index contributed by atoms with van der Waals surface area (Å²) in [6.07, 6.45) is 3.94. The van der Waals surface area contributed by atoms with Crippen LogP contribution in [-0.2, 0) is 4.74 Å². The zero-order valence-electron chi connectivity index (χ0n) is 10.1. The molecular formula is C11H18N4O2. The highest BCUT2D eigenvalue weighted by molar-refractivity contribution is 5.91. The van der Waals surface area contributed by atoms with Crippen molar-refractivity contribution in [3.05, 3.63) is 11.9 Å². The molecule has 2 rings (SSSR count). The monoisotopic (exact) mass is 238 g/mol. The summed E-state index contributed by atoms with van der Waals surface area (Å²) in [5.41, 5.74) is 0.332. The van der Waals surface area contributed by atoms with Gasteiger partial charge in [0.15, 0.2) is 5.69 Å². The summed E-state index contributed by atoms with van der Waals surface area (Å²) in [6.45, 7) is 4.81. The zero-order valence-corrected chi connectivity index (χ0v) is 10.1. The molecule has 2 heterocycles. The summed E-state index contributed by atoms with van der Waals surface area (Å²) in [5, 5.41) is 12.6. The van der Waals surface area contributed by atoms with E-state index in [-0.39, 0.29) is 18.1 Å². The Morgan fingerprint density at radius 2 is 2.24 bits per heavy atom. The molecule has 0 bridgehead atoms. The van der Waals surface area contributed by atoms with Gasteiger partial charge in [0.25, 0.3) is 5.91 Å². The SMILES string of the molecule is CC1CC(CNC(=O)c2cn[nH]n2)CC(C)O1. The Labute approximate surface area is 100 Å². The van der Waals surface area contributed by atoms with Crippen LogP contribution in [0.5, 0.6) is 0 Å². The van der Waals surface area contributed by atoms with Crippen LogP contribution < -0.4 is 5.32 Å². The van der Waals surface area contributed by atoms with Crippen molar-refractivity contribution in [1.29, 1.82) is 0 Å². The molecule has 0 aliphatic carbocycles. The quantitative estimate of drug-likeness (QED) is 0.814. The van der Waals surface area contributed by atoms with Gasteiger partial charge in [-0.15, -0.1) is 0 Å². The Morgan fingerprint density at radius 3 is 2.82 bits per heavy atom. The Morgan fingerprint density at radius 1 is 1.53 bits per heavy atom. The van der Waals surface area contributed by atoms with Gasteiger partial charge in [0, 0.05) is 6.54 Å². The fourth-order valence-electron chi connectivity index (χ4n) is 2.35. The maximum Gasteiger partial charge on any atom is 0.273 e. The average molecular weight is 238 g/mol. The molecule has 0 saturated carbocycles. The number of ether oxygens (including phenoxy) is 1. The van der Waals surface area contributed by atoms with E-state index in [1.54, 1.807) is 0 Å². The molecular weight excluding hydrogens is 220 g/mol. The highest BCUT2D eigenvalue weighted by atomic mass is 16.5. The average Bonchev–Trinajstić information content (AvgIpc) is 2.78. The lowest BCUT2D eigenvalue weighted by Crippen LogP contribution is -2.37. The van der Waals surface area contributed by atoms with Gasteiger partial charge in [0.2, 0.25) is 0 Å². The molecule has 1 aromatic heterocycles. The summed E-state index contributed by atoms with van der Waals surface area (Å²) in [6, 6.07) is 0. The van der Waals surface area contributed by atoms with Gasteiger partial charge in [0.1, 0.15) is 0 Å². The molecule has 6 heteroatoms. The highest BCUT2D eigenvalue weighted by Crippen LogP contribution is 2.23. The molecule has 1 saturated heterocycles. The van der Waals surface area contributed by atoms with Crippen molar-refractivity contribution in [1.82, 2.24) is 20.7 Å². The minimum Gasteiger partial charge on any atom is -0.376 e. The van der Waals surface area contributed by atoms with Crippen molar-refractivity contribution in [3.63, 3.8) is 0 Å². The number of H-pyrrole nitrogens is 1. The lowest BCUT2D eigenvalue weighted by molar-refractivity contribution is -0.0513. The van der Waals surface area contributed by atoms with Crippen LogP contribution in [0.15, 0.2) is 6.20 Å². The maximum absolute atomic E-state index is 11.6. The van der Waals surface area contributed by atoms with Gasteiger partial charge >= 0.3 is 0 Å². The molecule has 2 unspecified atom stereocenters. The van der Waals surface area contributed by atoms with Crippen LogP contribution in [0.25, 0.3) is 0 Å².